The lowest BCUT2D eigenvalue weighted by atomic mass is 10.1. The van der Waals surface area contributed by atoms with Gasteiger partial charge in [-0.25, -0.2) is 0 Å². The number of nitrogens with zero attached hydrogens (tertiary/aromatic N) is 3. The summed E-state index contributed by atoms with van der Waals surface area (Å²) in [6.45, 7) is 3.50. The average Bonchev–Trinajstić information content (AvgIpc) is 3.15. The summed E-state index contributed by atoms with van der Waals surface area (Å²) in [6.07, 6.45) is 6.49. The van der Waals surface area contributed by atoms with Gasteiger partial charge in [0.15, 0.2) is 5.82 Å². The van der Waals surface area contributed by atoms with Gasteiger partial charge in [-0.3, -0.25) is 4.79 Å². The average molecular weight is 296 g/mol. The Bertz CT molecular complexity index is 685. The van der Waals surface area contributed by atoms with Crippen LogP contribution < -0.4 is 5.32 Å². The minimum absolute atomic E-state index is 0.116. The summed E-state index contributed by atoms with van der Waals surface area (Å²) in [5, 5.41) is 11.1. The summed E-state index contributed by atoms with van der Waals surface area (Å²) in [5.74, 6) is 1.74. The minimum atomic E-state index is -0.116. The first-order chi connectivity index (χ1) is 10.8. The number of fused-ring (bicyclic) bond motifs is 1. The second-order valence-corrected chi connectivity index (χ2v) is 5.43. The van der Waals surface area contributed by atoms with Crippen LogP contribution in [0.5, 0.6) is 0 Å². The van der Waals surface area contributed by atoms with Crippen LogP contribution in [0.2, 0.25) is 0 Å². The third kappa shape index (κ3) is 3.24. The number of rotatable bonds is 5. The Morgan fingerprint density at radius 1 is 1.32 bits per heavy atom. The van der Waals surface area contributed by atoms with Crippen molar-refractivity contribution in [3.05, 3.63) is 53.1 Å². The summed E-state index contributed by atoms with van der Waals surface area (Å²) in [7, 11) is 0. The third-order valence-electron chi connectivity index (χ3n) is 3.92. The molecule has 22 heavy (non-hydrogen) atoms. The molecular weight excluding hydrogens is 276 g/mol. The number of amides is 1. The highest BCUT2D eigenvalue weighted by Crippen LogP contribution is 2.13. The molecule has 0 saturated carbocycles. The monoisotopic (exact) mass is 296 g/mol. The van der Waals surface area contributed by atoms with E-state index >= 15 is 0 Å². The van der Waals surface area contributed by atoms with E-state index in [1.807, 2.05) is 18.2 Å². The molecule has 5 nitrogen and oxygen atoms in total. The molecule has 0 bridgehead atoms. The second kappa shape index (κ2) is 6.56. The summed E-state index contributed by atoms with van der Waals surface area (Å²) < 4.78 is 2.09. The van der Waals surface area contributed by atoms with Crippen molar-refractivity contribution >= 4 is 12.0 Å². The Morgan fingerprint density at radius 3 is 2.91 bits per heavy atom. The van der Waals surface area contributed by atoms with Gasteiger partial charge in [-0.1, -0.05) is 31.2 Å². The molecular formula is C17H20N4O. The van der Waals surface area contributed by atoms with Gasteiger partial charge < -0.3 is 9.88 Å². The Kier molecular flexibility index (Phi) is 4.32. The minimum Gasteiger partial charge on any atom is -0.345 e. The maximum atomic E-state index is 11.9. The fourth-order valence-electron chi connectivity index (χ4n) is 2.60. The molecule has 0 spiro atoms. The van der Waals surface area contributed by atoms with Crippen LogP contribution in [0.1, 0.15) is 36.1 Å². The number of benzene rings is 1. The van der Waals surface area contributed by atoms with Crippen LogP contribution in [0, 0.1) is 0 Å². The van der Waals surface area contributed by atoms with Crippen LogP contribution in [0.15, 0.2) is 30.3 Å². The van der Waals surface area contributed by atoms with Gasteiger partial charge in [-0.05, 0) is 30.0 Å². The third-order valence-corrected chi connectivity index (χ3v) is 3.92. The van der Waals surface area contributed by atoms with E-state index in [4.69, 9.17) is 0 Å². The zero-order chi connectivity index (χ0) is 15.4. The highest BCUT2D eigenvalue weighted by molar-refractivity contribution is 5.91. The predicted octanol–water partition coefficient (Wildman–Crippen LogP) is 2.12. The normalized spacial score (nSPS) is 13.5. The number of carbonyl (C=O) groups is 1. The van der Waals surface area contributed by atoms with Gasteiger partial charge in [-0.2, -0.15) is 0 Å². The number of hydrogen-bond donors (Lipinski definition) is 1. The number of nitrogens with one attached hydrogen (secondary N) is 1. The van der Waals surface area contributed by atoms with Gasteiger partial charge in [0.2, 0.25) is 5.91 Å². The lowest BCUT2D eigenvalue weighted by molar-refractivity contribution is -0.116. The zero-order valence-electron chi connectivity index (χ0n) is 12.7. The van der Waals surface area contributed by atoms with E-state index in [0.29, 0.717) is 6.54 Å². The topological polar surface area (TPSA) is 59.8 Å². The van der Waals surface area contributed by atoms with Gasteiger partial charge in [0.1, 0.15) is 5.82 Å². The van der Waals surface area contributed by atoms with Crippen LogP contribution in [0.25, 0.3) is 6.08 Å². The summed E-state index contributed by atoms with van der Waals surface area (Å²) in [5.41, 5.74) is 2.32. The molecule has 3 rings (SSSR count). The number of carbonyl (C=O) groups excluding carboxylic acids is 1. The van der Waals surface area contributed by atoms with Crippen molar-refractivity contribution in [1.29, 1.82) is 0 Å². The molecule has 0 aliphatic carbocycles. The van der Waals surface area contributed by atoms with Gasteiger partial charge in [0, 0.05) is 19.0 Å². The van der Waals surface area contributed by atoms with Crippen molar-refractivity contribution in [2.24, 2.45) is 0 Å². The second-order valence-electron chi connectivity index (χ2n) is 5.43. The van der Waals surface area contributed by atoms with E-state index in [0.717, 1.165) is 43.0 Å². The maximum Gasteiger partial charge on any atom is 0.244 e. The van der Waals surface area contributed by atoms with Crippen molar-refractivity contribution < 1.29 is 4.79 Å². The zero-order valence-corrected chi connectivity index (χ0v) is 12.7. The van der Waals surface area contributed by atoms with Crippen LogP contribution in [0.3, 0.4) is 0 Å². The molecule has 1 N–H and O–H groups in total. The van der Waals surface area contributed by atoms with Crippen molar-refractivity contribution in [1.82, 2.24) is 20.1 Å². The number of hydrogen-bond acceptors (Lipinski definition) is 3. The molecule has 0 atom stereocenters. The molecule has 1 aliphatic rings. The van der Waals surface area contributed by atoms with Crippen LogP contribution in [0.4, 0.5) is 0 Å². The van der Waals surface area contributed by atoms with Crippen LogP contribution in [-0.2, 0) is 30.7 Å². The van der Waals surface area contributed by atoms with E-state index in [-0.39, 0.29) is 5.91 Å². The van der Waals surface area contributed by atoms with Crippen molar-refractivity contribution in [3.8, 4) is 0 Å². The smallest absolute Gasteiger partial charge is 0.244 e. The van der Waals surface area contributed by atoms with Crippen LogP contribution >= 0.6 is 0 Å². The first-order valence-corrected chi connectivity index (χ1v) is 7.72. The Balaban J connectivity index is 1.54. The molecule has 0 radical (unpaired) electrons. The molecule has 0 fully saturated rings. The first kappa shape index (κ1) is 14.5. The highest BCUT2D eigenvalue weighted by atomic mass is 16.1. The molecule has 0 unspecified atom stereocenters. The largest absolute Gasteiger partial charge is 0.345 e. The fraction of sp³-hybridized carbons (Fsp3) is 0.353. The summed E-state index contributed by atoms with van der Waals surface area (Å²) >= 11 is 0. The fourth-order valence-corrected chi connectivity index (χ4v) is 2.60. The van der Waals surface area contributed by atoms with E-state index < -0.39 is 0 Å². The van der Waals surface area contributed by atoms with E-state index in [2.05, 4.69) is 39.1 Å². The van der Waals surface area contributed by atoms with Gasteiger partial charge in [-0.15, -0.1) is 10.2 Å². The van der Waals surface area contributed by atoms with Crippen LogP contribution in [-0.4, -0.2) is 20.7 Å². The number of aryl methyl sites for hydroxylation is 2. The standard InChI is InChI=1S/C17H20N4O/c1-2-13-5-7-14(8-6-13)9-10-17(22)18-12-16-20-19-15-4-3-11-21(15)16/h5-10H,2-4,11-12H2,1H3,(H,18,22)/b10-9+. The maximum absolute atomic E-state index is 11.9. The summed E-state index contributed by atoms with van der Waals surface area (Å²) in [6, 6.07) is 8.20. The Hall–Kier alpha value is -2.43. The SMILES string of the molecule is CCc1ccc(/C=C/C(=O)NCc2nnc3n2CCC3)cc1. The molecule has 2 heterocycles. The molecule has 1 amide bonds. The van der Waals surface area contributed by atoms with E-state index in [9.17, 15) is 4.79 Å². The molecule has 2 aromatic rings. The molecule has 114 valence electrons. The van der Waals surface area contributed by atoms with E-state index in [1.54, 1.807) is 6.08 Å². The highest BCUT2D eigenvalue weighted by Gasteiger charge is 2.16. The quantitative estimate of drug-likeness (QED) is 0.860. The van der Waals surface area contributed by atoms with E-state index in [1.165, 1.54) is 5.56 Å². The Morgan fingerprint density at radius 2 is 2.14 bits per heavy atom. The Labute approximate surface area is 130 Å². The van der Waals surface area contributed by atoms with Crippen molar-refractivity contribution in [2.75, 3.05) is 0 Å². The molecule has 5 heteroatoms. The molecule has 1 aromatic carbocycles. The lowest BCUT2D eigenvalue weighted by Gasteiger charge is -2.03. The number of aromatic nitrogens is 3. The molecule has 1 aromatic heterocycles. The van der Waals surface area contributed by atoms with Gasteiger partial charge in [0.05, 0.1) is 6.54 Å². The molecule has 0 saturated heterocycles. The first-order valence-electron chi connectivity index (χ1n) is 7.72. The molecule has 1 aliphatic heterocycles. The van der Waals surface area contributed by atoms with Crippen molar-refractivity contribution in [2.45, 2.75) is 39.3 Å². The predicted molar refractivity (Wildman–Crippen MR) is 85.0 cm³/mol. The van der Waals surface area contributed by atoms with Gasteiger partial charge >= 0.3 is 0 Å². The summed E-state index contributed by atoms with van der Waals surface area (Å²) in [4.78, 5) is 11.9. The van der Waals surface area contributed by atoms with Crippen molar-refractivity contribution in [3.63, 3.8) is 0 Å². The van der Waals surface area contributed by atoms with Gasteiger partial charge in [0.25, 0.3) is 0 Å². The lowest BCUT2D eigenvalue weighted by Crippen LogP contribution is -2.22.